The molecule has 0 bridgehead atoms. The molecule has 0 N–H and O–H groups in total. The highest BCUT2D eigenvalue weighted by Crippen LogP contribution is 2.16. The van der Waals surface area contributed by atoms with Gasteiger partial charge in [-0.15, -0.1) is 0 Å². The van der Waals surface area contributed by atoms with Gasteiger partial charge in [0.1, 0.15) is 13.6 Å². The minimum atomic E-state index is -2.56. The van der Waals surface area contributed by atoms with E-state index in [9.17, 15) is 0 Å². The summed E-state index contributed by atoms with van der Waals surface area (Å²) >= 11 is 0. The zero-order chi connectivity index (χ0) is 19.0. The Labute approximate surface area is 154 Å². The van der Waals surface area contributed by atoms with Crippen molar-refractivity contribution in [1.82, 2.24) is 0 Å². The van der Waals surface area contributed by atoms with Crippen LogP contribution in [0.3, 0.4) is 0 Å². The van der Waals surface area contributed by atoms with Crippen molar-refractivity contribution in [2.24, 2.45) is 0 Å². The lowest BCUT2D eigenvalue weighted by Crippen LogP contribution is -2.44. The van der Waals surface area contributed by atoms with E-state index in [0.29, 0.717) is 13.2 Å². The SMILES string of the molecule is CCC[Si](OC)(OC)OCOCCCOCO[Si](CCC)(OC)OC. The van der Waals surface area contributed by atoms with Gasteiger partial charge in [0.2, 0.25) is 0 Å². The molecule has 0 fully saturated rings. The summed E-state index contributed by atoms with van der Waals surface area (Å²) in [5, 5.41) is 0. The number of hydrogen-bond acceptors (Lipinski definition) is 8. The van der Waals surface area contributed by atoms with E-state index in [0.717, 1.165) is 31.4 Å². The Kier molecular flexibility index (Phi) is 15.3. The maximum absolute atomic E-state index is 5.68. The molecule has 8 nitrogen and oxygen atoms in total. The Balaban J connectivity index is 3.76. The number of rotatable bonds is 18. The molecule has 0 aliphatic carbocycles. The Bertz CT molecular complexity index is 273. The molecule has 0 saturated heterocycles. The second-order valence-electron chi connectivity index (χ2n) is 5.38. The van der Waals surface area contributed by atoms with Crippen LogP contribution in [0.1, 0.15) is 33.1 Å². The van der Waals surface area contributed by atoms with Crippen LogP contribution < -0.4 is 0 Å². The highest BCUT2D eigenvalue weighted by molar-refractivity contribution is 6.60. The second-order valence-corrected chi connectivity index (χ2v) is 11.3. The zero-order valence-corrected chi connectivity index (χ0v) is 18.6. The molecule has 0 atom stereocenters. The van der Waals surface area contributed by atoms with Crippen molar-refractivity contribution in [3.8, 4) is 0 Å². The van der Waals surface area contributed by atoms with Crippen LogP contribution in [0, 0.1) is 0 Å². The van der Waals surface area contributed by atoms with Crippen molar-refractivity contribution >= 4 is 17.6 Å². The van der Waals surface area contributed by atoms with Crippen LogP contribution >= 0.6 is 0 Å². The summed E-state index contributed by atoms with van der Waals surface area (Å²) in [5.41, 5.74) is 0. The molecule has 0 aliphatic rings. The van der Waals surface area contributed by atoms with Crippen LogP contribution in [0.2, 0.25) is 12.1 Å². The van der Waals surface area contributed by atoms with E-state index in [1.165, 1.54) is 0 Å². The predicted molar refractivity (Wildman–Crippen MR) is 98.2 cm³/mol. The van der Waals surface area contributed by atoms with E-state index < -0.39 is 17.6 Å². The molecule has 0 aliphatic heterocycles. The molecule has 0 heterocycles. The molecule has 0 amide bonds. The van der Waals surface area contributed by atoms with Gasteiger partial charge in [-0.3, -0.25) is 0 Å². The summed E-state index contributed by atoms with van der Waals surface area (Å²) in [6.07, 6.45) is 2.61. The first-order chi connectivity index (χ1) is 12.1. The van der Waals surface area contributed by atoms with Crippen LogP contribution in [0.15, 0.2) is 0 Å². The maximum Gasteiger partial charge on any atom is 0.502 e. The van der Waals surface area contributed by atoms with Crippen molar-refractivity contribution in [3.63, 3.8) is 0 Å². The molecule has 0 spiro atoms. The largest absolute Gasteiger partial charge is 0.502 e. The first kappa shape index (κ1) is 25.1. The smallest absolute Gasteiger partial charge is 0.377 e. The average Bonchev–Trinajstić information content (AvgIpc) is 2.65. The van der Waals surface area contributed by atoms with Crippen LogP contribution in [0.4, 0.5) is 0 Å². The van der Waals surface area contributed by atoms with Crippen LogP contribution in [-0.2, 0) is 36.0 Å². The van der Waals surface area contributed by atoms with E-state index in [-0.39, 0.29) is 13.6 Å². The van der Waals surface area contributed by atoms with Gasteiger partial charge in [0.25, 0.3) is 0 Å². The van der Waals surface area contributed by atoms with Gasteiger partial charge in [0, 0.05) is 40.5 Å². The lowest BCUT2D eigenvalue weighted by Gasteiger charge is -2.26. The molecule has 0 saturated carbocycles. The Morgan fingerprint density at radius 3 is 1.24 bits per heavy atom. The summed E-state index contributed by atoms with van der Waals surface area (Å²) in [6, 6.07) is 1.54. The topological polar surface area (TPSA) is 73.8 Å². The summed E-state index contributed by atoms with van der Waals surface area (Å²) in [7, 11) is 1.33. The Morgan fingerprint density at radius 1 is 0.600 bits per heavy atom. The minimum absolute atomic E-state index is 0.157. The summed E-state index contributed by atoms with van der Waals surface area (Å²) in [6.45, 7) is 5.49. The van der Waals surface area contributed by atoms with Crippen LogP contribution in [0.5, 0.6) is 0 Å². The highest BCUT2D eigenvalue weighted by Gasteiger charge is 2.38. The third-order valence-corrected chi connectivity index (χ3v) is 9.49. The second kappa shape index (κ2) is 15.2. The molecule has 0 aromatic heterocycles. The molecule has 0 unspecified atom stereocenters. The summed E-state index contributed by atoms with van der Waals surface area (Å²) in [4.78, 5) is 0. The fraction of sp³-hybridized carbons (Fsp3) is 1.00. The maximum atomic E-state index is 5.68. The Hall–Kier alpha value is 0.114. The monoisotopic (exact) mass is 400 g/mol. The lowest BCUT2D eigenvalue weighted by atomic mass is 10.5. The van der Waals surface area contributed by atoms with Crippen molar-refractivity contribution in [3.05, 3.63) is 0 Å². The zero-order valence-electron chi connectivity index (χ0n) is 16.6. The van der Waals surface area contributed by atoms with Gasteiger partial charge >= 0.3 is 17.6 Å². The fourth-order valence-electron chi connectivity index (χ4n) is 2.21. The molecule has 25 heavy (non-hydrogen) atoms. The first-order valence-corrected chi connectivity index (χ1v) is 12.6. The predicted octanol–water partition coefficient (Wildman–Crippen LogP) is 2.64. The molecular weight excluding hydrogens is 364 g/mol. The van der Waals surface area contributed by atoms with Gasteiger partial charge in [0.15, 0.2) is 0 Å². The average molecular weight is 401 g/mol. The normalized spacial score (nSPS) is 12.7. The standard InChI is InChI=1S/C15H36O8Si2/c1-7-12-24(16-3,17-4)22-14-20-10-9-11-21-15-23-25(18-5,19-6)13-8-2/h7-15H2,1-6H3. The third kappa shape index (κ3) is 10.1. The van der Waals surface area contributed by atoms with Gasteiger partial charge in [-0.1, -0.05) is 26.7 Å². The third-order valence-electron chi connectivity index (χ3n) is 3.66. The van der Waals surface area contributed by atoms with Crippen molar-refractivity contribution in [2.45, 2.75) is 45.2 Å². The van der Waals surface area contributed by atoms with E-state index in [4.69, 9.17) is 36.0 Å². The summed E-state index contributed by atoms with van der Waals surface area (Å²) in [5.74, 6) is 0. The molecule has 0 aromatic carbocycles. The first-order valence-electron chi connectivity index (χ1n) is 8.71. The van der Waals surface area contributed by atoms with E-state index >= 15 is 0 Å². The van der Waals surface area contributed by atoms with Crippen molar-refractivity contribution in [2.75, 3.05) is 55.2 Å². The number of hydrogen-bond donors (Lipinski definition) is 0. The Morgan fingerprint density at radius 2 is 0.960 bits per heavy atom. The minimum Gasteiger partial charge on any atom is -0.377 e. The van der Waals surface area contributed by atoms with Gasteiger partial charge < -0.3 is 36.0 Å². The van der Waals surface area contributed by atoms with Crippen molar-refractivity contribution in [1.29, 1.82) is 0 Å². The van der Waals surface area contributed by atoms with Crippen molar-refractivity contribution < 1.29 is 36.0 Å². The molecule has 0 radical (unpaired) electrons. The highest BCUT2D eigenvalue weighted by atomic mass is 28.4. The van der Waals surface area contributed by atoms with Gasteiger partial charge in [-0.05, 0) is 6.42 Å². The van der Waals surface area contributed by atoms with E-state index in [2.05, 4.69) is 13.8 Å². The quantitative estimate of drug-likeness (QED) is 0.197. The number of ether oxygens (including phenoxy) is 2. The van der Waals surface area contributed by atoms with Gasteiger partial charge in [-0.2, -0.15) is 0 Å². The van der Waals surface area contributed by atoms with Gasteiger partial charge in [0.05, 0.1) is 13.2 Å². The molecule has 0 rings (SSSR count). The van der Waals surface area contributed by atoms with E-state index in [1.807, 2.05) is 0 Å². The van der Waals surface area contributed by atoms with Crippen LogP contribution in [-0.4, -0.2) is 72.8 Å². The van der Waals surface area contributed by atoms with E-state index in [1.54, 1.807) is 28.4 Å². The molecule has 10 heteroatoms. The molecule has 0 aromatic rings. The van der Waals surface area contributed by atoms with Crippen LogP contribution in [0.25, 0.3) is 0 Å². The fourth-order valence-corrected chi connectivity index (χ4v) is 5.87. The molecular formula is C15H36O8Si2. The lowest BCUT2D eigenvalue weighted by molar-refractivity contribution is -0.0551. The molecule has 152 valence electrons. The van der Waals surface area contributed by atoms with Gasteiger partial charge in [-0.25, -0.2) is 0 Å². The summed E-state index contributed by atoms with van der Waals surface area (Å²) < 4.78 is 43.9.